The van der Waals surface area contributed by atoms with Gasteiger partial charge < -0.3 is 49.8 Å². The molecule has 6 N–H and O–H groups in total. The van der Waals surface area contributed by atoms with Gasteiger partial charge in [0, 0.05) is 73.3 Å². The summed E-state index contributed by atoms with van der Waals surface area (Å²) >= 11 is 0. The Balaban J connectivity index is 1.53. The zero-order valence-electron chi connectivity index (χ0n) is 36.7. The molecule has 0 saturated carbocycles. The second kappa shape index (κ2) is 18.2. The molecule has 5 bridgehead atoms. The van der Waals surface area contributed by atoms with Crippen molar-refractivity contribution in [2.75, 3.05) is 19.0 Å². The van der Waals surface area contributed by atoms with E-state index in [1.165, 1.54) is 58.2 Å². The Morgan fingerprint density at radius 3 is 2.33 bits per heavy atom. The molecule has 9 atom stereocenters. The number of allylic oxidation sites excluding steroid dienone is 2. The number of carbonyl (C=O) groups excluding carboxylic acids is 4. The molecule has 7 rings (SSSR count). The molecule has 0 aliphatic carbocycles. The highest BCUT2D eigenvalue weighted by Gasteiger charge is 2.50. The Morgan fingerprint density at radius 1 is 0.952 bits per heavy atom. The number of amides is 2. The molecule has 4 aliphatic heterocycles. The molecule has 0 radical (unpaired) electrons. The van der Waals surface area contributed by atoms with E-state index in [-0.39, 0.29) is 51.0 Å². The molecule has 3 aromatic carbocycles. The lowest BCUT2D eigenvalue weighted by molar-refractivity contribution is -0.160. The summed E-state index contributed by atoms with van der Waals surface area (Å²) in [6.07, 6.45) is 4.85. The van der Waals surface area contributed by atoms with Crippen LogP contribution >= 0.6 is 0 Å². The summed E-state index contributed by atoms with van der Waals surface area (Å²) in [5.74, 6) is -9.45. The zero-order valence-corrected chi connectivity index (χ0v) is 36.7. The number of rotatable bonds is 4. The number of aromatic hydroxyl groups is 3. The lowest BCUT2D eigenvalue weighted by atomic mass is 9.78. The minimum Gasteiger partial charge on any atom is -0.507 e. The highest BCUT2D eigenvalue weighted by Crippen LogP contribution is 2.55. The number of anilines is 1. The molecule has 63 heavy (non-hydrogen) atoms. The summed E-state index contributed by atoms with van der Waals surface area (Å²) in [6.45, 7) is 12.5. The third-order valence-electron chi connectivity index (χ3n) is 12.4. The van der Waals surface area contributed by atoms with Crippen molar-refractivity contribution in [1.29, 1.82) is 0 Å². The van der Waals surface area contributed by atoms with Crippen LogP contribution in [0.25, 0.3) is 10.8 Å². The highest BCUT2D eigenvalue weighted by molar-refractivity contribution is 6.24. The Bertz CT molecular complexity index is 2460. The van der Waals surface area contributed by atoms with E-state index in [9.17, 15) is 44.7 Å². The van der Waals surface area contributed by atoms with Gasteiger partial charge in [-0.15, -0.1) is 0 Å². The number of hydrogen-bond acceptors (Lipinski definition) is 14. The molecule has 0 unspecified atom stereocenters. The van der Waals surface area contributed by atoms with Crippen molar-refractivity contribution in [3.05, 3.63) is 88.2 Å². The van der Waals surface area contributed by atoms with Gasteiger partial charge in [-0.2, -0.15) is 5.10 Å². The number of methoxy groups -OCH3 is 1. The second-order valence-electron chi connectivity index (χ2n) is 16.7. The Labute approximate surface area is 365 Å². The minimum atomic E-state index is -2.10. The van der Waals surface area contributed by atoms with Crippen LogP contribution in [-0.4, -0.2) is 104 Å². The van der Waals surface area contributed by atoms with Crippen LogP contribution in [0.1, 0.15) is 85.9 Å². The fourth-order valence-corrected chi connectivity index (χ4v) is 8.52. The fraction of sp³-hybridized carbons (Fsp3) is 0.426. The van der Waals surface area contributed by atoms with Crippen molar-refractivity contribution in [2.24, 2.45) is 28.8 Å². The van der Waals surface area contributed by atoms with Gasteiger partial charge in [-0.1, -0.05) is 64.1 Å². The maximum atomic E-state index is 14.5. The molecular formula is C47H55N3O13. The first kappa shape index (κ1) is 46.3. The van der Waals surface area contributed by atoms with Gasteiger partial charge in [0.2, 0.25) is 0 Å². The van der Waals surface area contributed by atoms with Crippen molar-refractivity contribution >= 4 is 46.2 Å². The first-order valence-electron chi connectivity index (χ1n) is 20.8. The number of aliphatic hydroxyl groups excluding tert-OH is 2. The molecule has 4 heterocycles. The number of phenolic OH excluding ortho intramolecular Hbond substituents is 3. The van der Waals surface area contributed by atoms with Crippen LogP contribution in [0.15, 0.2) is 65.5 Å². The number of ketones is 1. The SMILES string of the molecule is CO[C@H]1/C=C/O[C@@]2(C)Oc3c(C)c(O)c4c(O)c(c(C=NN5CCc6ccccc6C5=O)c(O)c4c3C2=O)NC(=O)/C(C)=C\C=C\[C@H](C)[C@H](O)[C@@H](C)[C@@H](O)[C@H](C)[C@H](OC(C)=O)[C@H]1C. The molecule has 336 valence electrons. The van der Waals surface area contributed by atoms with E-state index in [0.29, 0.717) is 12.0 Å². The third-order valence-corrected chi connectivity index (χ3v) is 12.4. The fourth-order valence-electron chi connectivity index (χ4n) is 8.52. The molecule has 4 aliphatic rings. The number of fused-ring (bicyclic) bond motifs is 15. The van der Waals surface area contributed by atoms with Crippen LogP contribution in [0.5, 0.6) is 23.0 Å². The van der Waals surface area contributed by atoms with E-state index in [1.54, 1.807) is 52.0 Å². The maximum absolute atomic E-state index is 14.5. The lowest BCUT2D eigenvalue weighted by Gasteiger charge is -2.38. The number of esters is 1. The van der Waals surface area contributed by atoms with E-state index < -0.39 is 94.7 Å². The maximum Gasteiger partial charge on any atom is 0.312 e. The molecule has 0 spiro atoms. The molecule has 0 aromatic heterocycles. The van der Waals surface area contributed by atoms with Gasteiger partial charge in [0.15, 0.2) is 5.75 Å². The summed E-state index contributed by atoms with van der Waals surface area (Å²) < 4.78 is 23.6. The summed E-state index contributed by atoms with van der Waals surface area (Å²) in [4.78, 5) is 54.2. The van der Waals surface area contributed by atoms with Gasteiger partial charge >= 0.3 is 11.8 Å². The predicted molar refractivity (Wildman–Crippen MR) is 233 cm³/mol. The second-order valence-corrected chi connectivity index (χ2v) is 16.7. The van der Waals surface area contributed by atoms with Crippen LogP contribution in [0.4, 0.5) is 5.69 Å². The normalized spacial score (nSPS) is 30.0. The molecule has 16 heteroatoms. The summed E-state index contributed by atoms with van der Waals surface area (Å²) in [6, 6.07) is 7.05. The largest absolute Gasteiger partial charge is 0.507 e. The first-order valence-corrected chi connectivity index (χ1v) is 20.8. The van der Waals surface area contributed by atoms with Crippen molar-refractivity contribution < 1.29 is 63.7 Å². The van der Waals surface area contributed by atoms with E-state index in [1.807, 2.05) is 12.1 Å². The van der Waals surface area contributed by atoms with Gasteiger partial charge in [-0.3, -0.25) is 19.2 Å². The number of benzene rings is 3. The predicted octanol–water partition coefficient (Wildman–Crippen LogP) is 5.79. The van der Waals surface area contributed by atoms with Gasteiger partial charge in [0.25, 0.3) is 17.6 Å². The van der Waals surface area contributed by atoms with Crippen LogP contribution in [0.3, 0.4) is 0 Å². The van der Waals surface area contributed by atoms with Gasteiger partial charge in [0.05, 0.1) is 53.0 Å². The number of ether oxygens (including phenoxy) is 4. The number of phenols is 3. The molecule has 0 saturated heterocycles. The number of carbonyl (C=O) groups is 4. The van der Waals surface area contributed by atoms with E-state index in [2.05, 4.69) is 10.4 Å². The highest BCUT2D eigenvalue weighted by atomic mass is 16.7. The van der Waals surface area contributed by atoms with E-state index >= 15 is 0 Å². The van der Waals surface area contributed by atoms with Gasteiger partial charge in [-0.25, -0.2) is 5.01 Å². The van der Waals surface area contributed by atoms with Crippen LogP contribution in [0, 0.1) is 30.6 Å². The van der Waals surface area contributed by atoms with Gasteiger partial charge in [0.1, 0.15) is 23.4 Å². The summed E-state index contributed by atoms with van der Waals surface area (Å²) in [5, 5.41) is 66.2. The molecule has 3 aromatic rings. The quantitative estimate of drug-likeness (QED) is 0.0790. The standard InChI is InChI=1S/C47H55N3O13/c1-22-13-12-14-23(2)45(58)49-36-31(21-48-50-19-17-29-15-10-11-16-30(29)46(50)59)40(55)33-34(41(36)56)39(54)27(6)43-35(33)44(57)47(8,63-43)61-20-18-32(60-9)24(3)42(62-28(7)51)26(5)38(53)25(4)37(22)52/h10-16,18,20-22,24-26,32,37-38,42,52-56H,17,19H2,1-9H3,(H,49,58)/b13-12+,20-18+,23-14-,48-21?/t22-,24-,25+,26-,32-,37-,38+,42+,47-/m0/s1. The van der Waals surface area contributed by atoms with E-state index in [0.717, 1.165) is 11.8 Å². The molecular weight excluding hydrogens is 815 g/mol. The Kier molecular flexibility index (Phi) is 13.4. The monoisotopic (exact) mass is 869 g/mol. The number of nitrogens with one attached hydrogen (secondary N) is 1. The van der Waals surface area contributed by atoms with Gasteiger partial charge in [-0.05, 0) is 38.0 Å². The Hall–Kier alpha value is -6.23. The number of aliphatic hydroxyl groups is 2. The van der Waals surface area contributed by atoms with Crippen LogP contribution in [0.2, 0.25) is 0 Å². The van der Waals surface area contributed by atoms with Crippen molar-refractivity contribution in [2.45, 2.75) is 92.0 Å². The third kappa shape index (κ3) is 8.62. The number of hydrazone groups is 1. The van der Waals surface area contributed by atoms with Crippen molar-refractivity contribution in [1.82, 2.24) is 5.01 Å². The molecule has 2 amide bonds. The Morgan fingerprint density at radius 2 is 1.65 bits per heavy atom. The average Bonchev–Trinajstić information content (AvgIpc) is 3.52. The number of hydrogen-bond donors (Lipinski definition) is 6. The molecule has 16 nitrogen and oxygen atoms in total. The topological polar surface area (TPSA) is 234 Å². The van der Waals surface area contributed by atoms with Crippen LogP contribution in [-0.2, 0) is 30.2 Å². The number of Topliss-reactive ketones (excluding diaryl/α,β-unsaturated/α-hetero) is 1. The van der Waals surface area contributed by atoms with Crippen LogP contribution < -0.4 is 10.1 Å². The smallest absolute Gasteiger partial charge is 0.312 e. The van der Waals surface area contributed by atoms with Crippen molar-refractivity contribution in [3.8, 4) is 23.0 Å². The number of nitrogens with zero attached hydrogens (tertiary/aromatic N) is 2. The molecule has 0 fully saturated rings. The summed E-state index contributed by atoms with van der Waals surface area (Å²) in [7, 11) is 1.42. The average molecular weight is 870 g/mol. The zero-order chi connectivity index (χ0) is 46.2. The summed E-state index contributed by atoms with van der Waals surface area (Å²) in [5.41, 5.74) is 0.428. The van der Waals surface area contributed by atoms with Crippen molar-refractivity contribution in [3.63, 3.8) is 0 Å². The first-order chi connectivity index (χ1) is 29.7. The lowest BCUT2D eigenvalue weighted by Crippen LogP contribution is -2.46. The minimum absolute atomic E-state index is 0.00515. The van der Waals surface area contributed by atoms with E-state index in [4.69, 9.17) is 18.9 Å².